The van der Waals surface area contributed by atoms with Gasteiger partial charge in [0.15, 0.2) is 0 Å². The second-order valence-electron chi connectivity index (χ2n) is 16.9. The van der Waals surface area contributed by atoms with Crippen molar-refractivity contribution in [3.63, 3.8) is 0 Å². The van der Waals surface area contributed by atoms with E-state index in [1.807, 2.05) is 65.1 Å². The van der Waals surface area contributed by atoms with Gasteiger partial charge in [-0.25, -0.2) is 9.36 Å². The van der Waals surface area contributed by atoms with Gasteiger partial charge in [-0.15, -0.1) is 10.2 Å². The summed E-state index contributed by atoms with van der Waals surface area (Å²) in [7, 11) is 11.7. The molecule has 0 fully saturated rings. The normalized spacial score (nSPS) is 12.4. The Balaban J connectivity index is 0.000000149. The molecule has 0 radical (unpaired) electrons. The molecule has 12 aromatic rings. The highest BCUT2D eigenvalue weighted by Gasteiger charge is 2.23. The Kier molecular flexibility index (Phi) is 10.4. The summed E-state index contributed by atoms with van der Waals surface area (Å²) in [6.07, 6.45) is 22.3. The van der Waals surface area contributed by atoms with E-state index in [0.29, 0.717) is 0 Å². The summed E-state index contributed by atoms with van der Waals surface area (Å²) in [5.74, 6) is 0. The Labute approximate surface area is 389 Å². The molecule has 18 nitrogen and oxygen atoms in total. The molecule has 2 unspecified atom stereocenters. The first-order valence-electron chi connectivity index (χ1n) is 21.9. The van der Waals surface area contributed by atoms with Gasteiger partial charge >= 0.3 is 0 Å². The molecule has 2 atom stereocenters. The van der Waals surface area contributed by atoms with Crippen molar-refractivity contribution in [2.75, 3.05) is 10.6 Å². The molecular formula is C50H46N18. The molecule has 0 saturated heterocycles. The maximum atomic E-state index is 4.66. The van der Waals surface area contributed by atoms with Gasteiger partial charge < -0.3 is 19.8 Å². The molecule has 0 spiro atoms. The first-order chi connectivity index (χ1) is 33.1. The maximum Gasteiger partial charge on any atom is 0.0983 e. The van der Waals surface area contributed by atoms with Gasteiger partial charge in [-0.3, -0.25) is 29.3 Å². The third kappa shape index (κ3) is 7.82. The van der Waals surface area contributed by atoms with Crippen LogP contribution in [0.4, 0.5) is 11.4 Å². The largest absolute Gasteiger partial charge is 0.373 e. The number of hydrogen-bond donors (Lipinski definition) is 2. The highest BCUT2D eigenvalue weighted by atomic mass is 15.4. The number of aromatic nitrogens is 16. The van der Waals surface area contributed by atoms with Crippen molar-refractivity contribution in [3.05, 3.63) is 170 Å². The van der Waals surface area contributed by atoms with Crippen molar-refractivity contribution in [1.82, 2.24) is 78.6 Å². The molecular weight excluding hydrogens is 853 g/mol. The Hall–Kier alpha value is -9.06. The van der Waals surface area contributed by atoms with Crippen LogP contribution in [0.3, 0.4) is 0 Å². The SMILES string of the molecule is Cn1cc(C(Nc2cc(-c3ccc4ccn(C)c4c3)c3nccnc3c2)c2cnnn2C)cn1.Cn1cc(C(Nc2cc(-c3ccc4ccn(C)c4c3)c3nccnc3c2)c2cnnn2C)cn1. The standard InChI is InChI=1S/2C25H23N9/c2*1-32-9-6-16-4-5-17(10-22(16)32)20-11-19(12-21-25(20)27-8-7-26-21)30-24(18-13-29-33(2)15-18)23-14-28-31-34(23)3/h2*4-15,24,30H,1-3H3. The molecule has 0 aliphatic rings. The van der Waals surface area contributed by atoms with E-state index >= 15 is 0 Å². The molecule has 8 heterocycles. The van der Waals surface area contributed by atoms with E-state index in [2.05, 4.69) is 158 Å². The summed E-state index contributed by atoms with van der Waals surface area (Å²) < 4.78 is 11.4. The van der Waals surface area contributed by atoms with Crippen molar-refractivity contribution >= 4 is 55.2 Å². The lowest BCUT2D eigenvalue weighted by molar-refractivity contribution is 0.663. The van der Waals surface area contributed by atoms with Crippen LogP contribution >= 0.6 is 0 Å². The zero-order valence-corrected chi connectivity index (χ0v) is 38.2. The first-order valence-corrected chi connectivity index (χ1v) is 21.9. The molecule has 2 N–H and O–H groups in total. The third-order valence-corrected chi connectivity index (χ3v) is 12.4. The van der Waals surface area contributed by atoms with Crippen molar-refractivity contribution in [2.45, 2.75) is 12.1 Å². The van der Waals surface area contributed by atoms with Gasteiger partial charge in [0.1, 0.15) is 0 Å². The highest BCUT2D eigenvalue weighted by Crippen LogP contribution is 2.36. The lowest BCUT2D eigenvalue weighted by Crippen LogP contribution is -2.16. The third-order valence-electron chi connectivity index (χ3n) is 12.4. The van der Waals surface area contributed by atoms with Crippen LogP contribution in [0.2, 0.25) is 0 Å². The summed E-state index contributed by atoms with van der Waals surface area (Å²) in [5.41, 5.74) is 15.6. The molecule has 0 aliphatic heterocycles. The topological polar surface area (TPSA) is 183 Å². The molecule has 68 heavy (non-hydrogen) atoms. The van der Waals surface area contributed by atoms with Crippen LogP contribution < -0.4 is 10.6 Å². The lowest BCUT2D eigenvalue weighted by Gasteiger charge is -2.20. The highest BCUT2D eigenvalue weighted by molar-refractivity contribution is 5.98. The molecule has 8 aromatic heterocycles. The minimum atomic E-state index is -0.189. The van der Waals surface area contributed by atoms with Crippen LogP contribution in [-0.2, 0) is 42.3 Å². The summed E-state index contributed by atoms with van der Waals surface area (Å²) in [4.78, 5) is 18.5. The van der Waals surface area contributed by atoms with Gasteiger partial charge in [0.25, 0.3) is 0 Å². The Bertz CT molecular complexity index is 3520. The van der Waals surface area contributed by atoms with Crippen molar-refractivity contribution < 1.29 is 0 Å². The van der Waals surface area contributed by atoms with Crippen LogP contribution in [0.1, 0.15) is 34.6 Å². The van der Waals surface area contributed by atoms with Gasteiger partial charge in [0.2, 0.25) is 0 Å². The summed E-state index contributed by atoms with van der Waals surface area (Å²) in [6.45, 7) is 0. The molecule has 18 heteroatoms. The number of hydrogen-bond acceptors (Lipinski definition) is 12. The van der Waals surface area contributed by atoms with E-state index in [4.69, 9.17) is 0 Å². The Morgan fingerprint density at radius 3 is 1.31 bits per heavy atom. The van der Waals surface area contributed by atoms with Gasteiger partial charge in [-0.1, -0.05) is 34.7 Å². The summed E-state index contributed by atoms with van der Waals surface area (Å²) in [6, 6.07) is 25.2. The average molecular weight is 899 g/mol. The van der Waals surface area contributed by atoms with Gasteiger partial charge in [0.05, 0.1) is 70.3 Å². The predicted octanol–water partition coefficient (Wildman–Crippen LogP) is 7.70. The maximum absolute atomic E-state index is 4.66. The van der Waals surface area contributed by atoms with Crippen LogP contribution in [0, 0.1) is 0 Å². The predicted molar refractivity (Wildman–Crippen MR) is 262 cm³/mol. The second kappa shape index (κ2) is 17.1. The minimum absolute atomic E-state index is 0.189. The monoisotopic (exact) mass is 898 g/mol. The Morgan fingerprint density at radius 1 is 0.471 bits per heavy atom. The fraction of sp³-hybridized carbons (Fsp3) is 0.160. The molecule has 336 valence electrons. The van der Waals surface area contributed by atoms with E-state index < -0.39 is 0 Å². The zero-order chi connectivity index (χ0) is 46.5. The summed E-state index contributed by atoms with van der Waals surface area (Å²) in [5, 5.41) is 34.9. The number of anilines is 2. The van der Waals surface area contributed by atoms with Crippen LogP contribution in [0.15, 0.2) is 147 Å². The molecule has 0 aliphatic carbocycles. The number of fused-ring (bicyclic) bond motifs is 4. The molecule has 4 aromatic carbocycles. The number of aryl methyl sites for hydroxylation is 6. The molecule has 0 bridgehead atoms. The van der Waals surface area contributed by atoms with Crippen molar-refractivity contribution in [1.29, 1.82) is 0 Å². The number of nitrogens with zero attached hydrogens (tertiary/aromatic N) is 16. The summed E-state index contributed by atoms with van der Waals surface area (Å²) >= 11 is 0. The smallest absolute Gasteiger partial charge is 0.0983 e. The first kappa shape index (κ1) is 41.6. The number of benzene rings is 4. The van der Waals surface area contributed by atoms with Crippen LogP contribution in [-0.4, -0.2) is 78.6 Å². The van der Waals surface area contributed by atoms with Gasteiger partial charge in [-0.05, 0) is 70.4 Å². The van der Waals surface area contributed by atoms with Crippen molar-refractivity contribution in [3.8, 4) is 22.3 Å². The van der Waals surface area contributed by atoms with E-state index in [1.54, 1.807) is 55.9 Å². The van der Waals surface area contributed by atoms with Crippen LogP contribution in [0.25, 0.3) is 66.1 Å². The minimum Gasteiger partial charge on any atom is -0.373 e. The van der Waals surface area contributed by atoms with Crippen molar-refractivity contribution in [2.24, 2.45) is 42.3 Å². The quantitative estimate of drug-likeness (QED) is 0.137. The van der Waals surface area contributed by atoms with Crippen LogP contribution in [0.5, 0.6) is 0 Å². The molecule has 0 saturated carbocycles. The second-order valence-corrected chi connectivity index (χ2v) is 16.9. The Morgan fingerprint density at radius 2 is 0.912 bits per heavy atom. The van der Waals surface area contributed by atoms with E-state index in [1.165, 1.54) is 21.8 Å². The molecule has 12 rings (SSSR count). The fourth-order valence-corrected chi connectivity index (χ4v) is 8.90. The average Bonchev–Trinajstić information content (AvgIpc) is 4.25. The van der Waals surface area contributed by atoms with Gasteiger partial charge in [0, 0.05) is 137 Å². The van der Waals surface area contributed by atoms with E-state index in [9.17, 15) is 0 Å². The van der Waals surface area contributed by atoms with E-state index in [0.717, 1.165) is 78.2 Å². The number of nitrogens with one attached hydrogen (secondary N) is 2. The zero-order valence-electron chi connectivity index (χ0n) is 38.2. The van der Waals surface area contributed by atoms with Gasteiger partial charge in [-0.2, -0.15) is 10.2 Å². The fourth-order valence-electron chi connectivity index (χ4n) is 8.90. The van der Waals surface area contributed by atoms with E-state index in [-0.39, 0.29) is 12.1 Å². The molecule has 0 amide bonds. The number of rotatable bonds is 10. The lowest BCUT2D eigenvalue weighted by atomic mass is 10.0.